The number of aromatic nitrogens is 4. The lowest BCUT2D eigenvalue weighted by Gasteiger charge is -2.08. The number of nitrogens with two attached hydrogens (primary N) is 1. The van der Waals surface area contributed by atoms with E-state index in [-0.39, 0.29) is 5.02 Å². The van der Waals surface area contributed by atoms with Gasteiger partial charge in [-0.05, 0) is 59.3 Å². The molecule has 7 heteroatoms. The molecule has 106 valence electrons. The number of rotatable bonds is 2. The molecule has 2 N–H and O–H groups in total. The summed E-state index contributed by atoms with van der Waals surface area (Å²) in [5.74, 6) is 0.0667. The van der Waals surface area contributed by atoms with Crippen molar-refractivity contribution in [3.05, 3.63) is 52.8 Å². The molecule has 2 aromatic carbocycles. The van der Waals surface area contributed by atoms with Gasteiger partial charge in [-0.25, -0.2) is 4.39 Å². The fraction of sp³-hybridized carbons (Fsp3) is 0.0714. The summed E-state index contributed by atoms with van der Waals surface area (Å²) in [5, 5.41) is 11.8. The monoisotopic (exact) mass is 303 g/mol. The molecule has 0 saturated carbocycles. The highest BCUT2D eigenvalue weighted by Crippen LogP contribution is 2.27. The van der Waals surface area contributed by atoms with Crippen molar-refractivity contribution in [3.8, 4) is 17.1 Å². The number of hydrogen-bond donors (Lipinski definition) is 1. The second kappa shape index (κ2) is 5.14. The third kappa shape index (κ3) is 2.57. The van der Waals surface area contributed by atoms with Gasteiger partial charge in [0.05, 0.1) is 10.7 Å². The van der Waals surface area contributed by atoms with Crippen LogP contribution in [0.25, 0.3) is 17.1 Å². The van der Waals surface area contributed by atoms with Gasteiger partial charge in [0.15, 0.2) is 5.82 Å². The minimum Gasteiger partial charge on any atom is -0.399 e. The number of benzene rings is 2. The molecule has 0 radical (unpaired) electrons. The highest BCUT2D eigenvalue weighted by molar-refractivity contribution is 6.32. The van der Waals surface area contributed by atoms with Crippen molar-refractivity contribution in [2.75, 3.05) is 5.73 Å². The van der Waals surface area contributed by atoms with Crippen LogP contribution in [0, 0.1) is 12.7 Å². The van der Waals surface area contributed by atoms with E-state index in [0.717, 1.165) is 11.1 Å². The van der Waals surface area contributed by atoms with E-state index in [4.69, 9.17) is 17.3 Å². The first-order valence-corrected chi connectivity index (χ1v) is 6.54. The first-order chi connectivity index (χ1) is 10.0. The highest BCUT2D eigenvalue weighted by atomic mass is 35.5. The highest BCUT2D eigenvalue weighted by Gasteiger charge is 2.14. The van der Waals surface area contributed by atoms with Crippen molar-refractivity contribution < 1.29 is 4.39 Å². The summed E-state index contributed by atoms with van der Waals surface area (Å²) in [7, 11) is 0. The lowest BCUT2D eigenvalue weighted by atomic mass is 10.1. The summed E-state index contributed by atoms with van der Waals surface area (Å²) in [6.45, 7) is 1.93. The van der Waals surface area contributed by atoms with Crippen molar-refractivity contribution in [2.45, 2.75) is 6.92 Å². The van der Waals surface area contributed by atoms with Gasteiger partial charge >= 0.3 is 0 Å². The number of nitrogens with zero attached hydrogens (tertiary/aromatic N) is 4. The SMILES string of the molecule is Cc1cc(N)cc(-c2nnnn2-c2ccc(F)cc2Cl)c1. The summed E-state index contributed by atoms with van der Waals surface area (Å²) in [4.78, 5) is 0. The minimum atomic E-state index is -0.418. The van der Waals surface area contributed by atoms with Crippen LogP contribution < -0.4 is 5.73 Å². The van der Waals surface area contributed by atoms with Gasteiger partial charge in [0.25, 0.3) is 0 Å². The third-order valence-corrected chi connectivity index (χ3v) is 3.27. The van der Waals surface area contributed by atoms with Crippen molar-refractivity contribution in [2.24, 2.45) is 0 Å². The van der Waals surface area contributed by atoms with E-state index in [2.05, 4.69) is 15.5 Å². The third-order valence-electron chi connectivity index (χ3n) is 2.97. The number of nitrogen functional groups attached to an aromatic ring is 1. The van der Waals surface area contributed by atoms with Gasteiger partial charge in [0.1, 0.15) is 5.82 Å². The van der Waals surface area contributed by atoms with E-state index in [1.54, 1.807) is 6.07 Å². The summed E-state index contributed by atoms with van der Waals surface area (Å²) < 4.78 is 14.6. The van der Waals surface area contributed by atoms with E-state index in [9.17, 15) is 4.39 Å². The van der Waals surface area contributed by atoms with Gasteiger partial charge in [-0.1, -0.05) is 11.6 Å². The lowest BCUT2D eigenvalue weighted by Crippen LogP contribution is -2.01. The first kappa shape index (κ1) is 13.5. The fourth-order valence-corrected chi connectivity index (χ4v) is 2.37. The van der Waals surface area contributed by atoms with Gasteiger partial charge in [0.2, 0.25) is 0 Å². The maximum absolute atomic E-state index is 13.2. The fourth-order valence-electron chi connectivity index (χ4n) is 2.12. The molecule has 5 nitrogen and oxygen atoms in total. The maximum atomic E-state index is 13.2. The Morgan fingerprint density at radius 1 is 1.19 bits per heavy atom. The van der Waals surface area contributed by atoms with Crippen molar-refractivity contribution in [3.63, 3.8) is 0 Å². The predicted octanol–water partition coefficient (Wildman–Crippen LogP) is 3.01. The topological polar surface area (TPSA) is 69.6 Å². The Bertz CT molecular complexity index is 795. The summed E-state index contributed by atoms with van der Waals surface area (Å²) >= 11 is 6.06. The van der Waals surface area contributed by atoms with E-state index < -0.39 is 5.82 Å². The van der Waals surface area contributed by atoms with Gasteiger partial charge in [-0.15, -0.1) is 5.10 Å². The van der Waals surface area contributed by atoms with Crippen LogP contribution in [-0.2, 0) is 0 Å². The summed E-state index contributed by atoms with van der Waals surface area (Å²) in [5.41, 5.74) is 8.72. The zero-order chi connectivity index (χ0) is 15.0. The quantitative estimate of drug-likeness (QED) is 0.739. The van der Waals surface area contributed by atoms with Crippen LogP contribution in [0.3, 0.4) is 0 Å². The van der Waals surface area contributed by atoms with Gasteiger partial charge in [-0.2, -0.15) is 4.68 Å². The number of tetrazole rings is 1. The smallest absolute Gasteiger partial charge is 0.187 e. The van der Waals surface area contributed by atoms with Crippen LogP contribution in [0.4, 0.5) is 10.1 Å². The van der Waals surface area contributed by atoms with E-state index in [1.165, 1.54) is 22.9 Å². The van der Waals surface area contributed by atoms with Crippen LogP contribution in [0.5, 0.6) is 0 Å². The predicted molar refractivity (Wildman–Crippen MR) is 78.7 cm³/mol. The lowest BCUT2D eigenvalue weighted by molar-refractivity contribution is 0.627. The molecule has 21 heavy (non-hydrogen) atoms. The Balaban J connectivity index is 2.17. The Kier molecular flexibility index (Phi) is 3.31. The largest absolute Gasteiger partial charge is 0.399 e. The Morgan fingerprint density at radius 2 is 2.00 bits per heavy atom. The average Bonchev–Trinajstić information content (AvgIpc) is 2.86. The van der Waals surface area contributed by atoms with Crippen molar-refractivity contribution in [1.29, 1.82) is 0 Å². The zero-order valence-corrected chi connectivity index (χ0v) is 11.8. The van der Waals surface area contributed by atoms with E-state index >= 15 is 0 Å². The molecule has 0 bridgehead atoms. The molecule has 0 aliphatic heterocycles. The molecule has 0 spiro atoms. The second-order valence-electron chi connectivity index (χ2n) is 4.64. The van der Waals surface area contributed by atoms with Crippen LogP contribution in [0.15, 0.2) is 36.4 Å². The maximum Gasteiger partial charge on any atom is 0.187 e. The molecule has 0 fully saturated rings. The van der Waals surface area contributed by atoms with Crippen LogP contribution in [-0.4, -0.2) is 20.2 Å². The molecule has 3 rings (SSSR count). The first-order valence-electron chi connectivity index (χ1n) is 6.16. The standard InChI is InChI=1S/C14H11ClFN5/c1-8-4-9(6-11(17)5-8)14-18-19-20-21(14)13-3-2-10(16)7-12(13)15/h2-7H,17H2,1H3. The number of hydrogen-bond acceptors (Lipinski definition) is 4. The number of aryl methyl sites for hydroxylation is 1. The molecule has 0 unspecified atom stereocenters. The molecular weight excluding hydrogens is 293 g/mol. The van der Waals surface area contributed by atoms with E-state index in [1.807, 2.05) is 19.1 Å². The zero-order valence-electron chi connectivity index (χ0n) is 11.1. The molecule has 0 saturated heterocycles. The molecule has 3 aromatic rings. The molecule has 0 aliphatic rings. The van der Waals surface area contributed by atoms with Crippen LogP contribution in [0.1, 0.15) is 5.56 Å². The molecular formula is C14H11ClFN5. The molecule has 1 aromatic heterocycles. The molecule has 0 aliphatic carbocycles. The Labute approximate surface area is 125 Å². The van der Waals surface area contributed by atoms with Gasteiger partial charge in [0, 0.05) is 11.3 Å². The van der Waals surface area contributed by atoms with Crippen LogP contribution >= 0.6 is 11.6 Å². The van der Waals surface area contributed by atoms with Gasteiger partial charge in [-0.3, -0.25) is 0 Å². The van der Waals surface area contributed by atoms with Gasteiger partial charge < -0.3 is 5.73 Å². The molecule has 0 amide bonds. The average molecular weight is 304 g/mol. The van der Waals surface area contributed by atoms with E-state index in [0.29, 0.717) is 17.2 Å². The van der Waals surface area contributed by atoms with Crippen molar-refractivity contribution >= 4 is 17.3 Å². The summed E-state index contributed by atoms with van der Waals surface area (Å²) in [6.07, 6.45) is 0. The second-order valence-corrected chi connectivity index (χ2v) is 5.05. The minimum absolute atomic E-state index is 0.226. The number of halogens is 2. The Morgan fingerprint density at radius 3 is 2.71 bits per heavy atom. The normalized spacial score (nSPS) is 10.8. The molecule has 0 atom stereocenters. The number of anilines is 1. The Hall–Kier alpha value is -2.47. The van der Waals surface area contributed by atoms with Crippen LogP contribution in [0.2, 0.25) is 5.02 Å². The molecule has 1 heterocycles. The van der Waals surface area contributed by atoms with Crippen molar-refractivity contribution in [1.82, 2.24) is 20.2 Å². The summed E-state index contributed by atoms with van der Waals surface area (Å²) in [6, 6.07) is 9.58.